The highest BCUT2D eigenvalue weighted by Crippen LogP contribution is 2.37. The average molecular weight is 506 g/mol. The van der Waals surface area contributed by atoms with E-state index < -0.39 is 47.0 Å². The zero-order chi connectivity index (χ0) is 26.8. The fourth-order valence-electron chi connectivity index (χ4n) is 3.83. The van der Waals surface area contributed by atoms with Crippen molar-refractivity contribution in [2.45, 2.75) is 52.4 Å². The van der Waals surface area contributed by atoms with Crippen LogP contribution >= 0.6 is 0 Å². The molecule has 0 spiro atoms. The standard InChI is InChI=1S/C26H26F4N2O4/c1-15-21(23(34)36-14-16-9-7-6-8-10-16)31-24(25(2,3)4)32(15)13-17-11-12-18(27)19(22(33)35-5)20(17)26(28,29)30/h6-12H,13-14H2,1-5H3. The number of aromatic nitrogens is 2. The molecule has 0 saturated carbocycles. The zero-order valence-electron chi connectivity index (χ0n) is 20.5. The predicted molar refractivity (Wildman–Crippen MR) is 123 cm³/mol. The molecule has 0 radical (unpaired) electrons. The number of benzene rings is 2. The molecule has 3 aromatic rings. The maximum Gasteiger partial charge on any atom is 0.417 e. The van der Waals surface area contributed by atoms with Gasteiger partial charge in [-0.25, -0.2) is 19.0 Å². The maximum absolute atomic E-state index is 14.3. The van der Waals surface area contributed by atoms with Gasteiger partial charge in [0.2, 0.25) is 0 Å². The fourth-order valence-corrected chi connectivity index (χ4v) is 3.83. The molecule has 0 saturated heterocycles. The van der Waals surface area contributed by atoms with Crippen LogP contribution in [0.3, 0.4) is 0 Å². The van der Waals surface area contributed by atoms with Crippen molar-refractivity contribution in [2.24, 2.45) is 0 Å². The number of hydrogen-bond donors (Lipinski definition) is 0. The first-order valence-electron chi connectivity index (χ1n) is 11.0. The number of methoxy groups -OCH3 is 1. The fraction of sp³-hybridized carbons (Fsp3) is 0.346. The summed E-state index contributed by atoms with van der Waals surface area (Å²) in [6.07, 6.45) is -5.05. The van der Waals surface area contributed by atoms with E-state index in [1.807, 2.05) is 6.07 Å². The second-order valence-electron chi connectivity index (χ2n) is 9.21. The summed E-state index contributed by atoms with van der Waals surface area (Å²) in [6, 6.07) is 10.7. The van der Waals surface area contributed by atoms with E-state index in [0.29, 0.717) is 5.82 Å². The van der Waals surface area contributed by atoms with E-state index in [1.165, 1.54) is 4.57 Å². The maximum atomic E-state index is 14.3. The summed E-state index contributed by atoms with van der Waals surface area (Å²) >= 11 is 0. The molecule has 0 aliphatic carbocycles. The highest BCUT2D eigenvalue weighted by Gasteiger charge is 2.40. The summed E-state index contributed by atoms with van der Waals surface area (Å²) in [5.41, 5.74) is -2.69. The molecule has 6 nitrogen and oxygen atoms in total. The Hall–Kier alpha value is -3.69. The van der Waals surface area contributed by atoms with Crippen molar-refractivity contribution >= 4 is 11.9 Å². The highest BCUT2D eigenvalue weighted by molar-refractivity contribution is 5.92. The normalized spacial score (nSPS) is 11.9. The summed E-state index contributed by atoms with van der Waals surface area (Å²) in [7, 11) is 0.875. The molecule has 0 fully saturated rings. The molecule has 0 aliphatic heterocycles. The SMILES string of the molecule is COC(=O)c1c(F)ccc(Cn2c(C(C)(C)C)nc(C(=O)OCc3ccccc3)c2C)c1C(F)(F)F. The van der Waals surface area contributed by atoms with Gasteiger partial charge in [-0.05, 0) is 24.1 Å². The van der Waals surface area contributed by atoms with E-state index in [4.69, 9.17) is 4.74 Å². The van der Waals surface area contributed by atoms with Gasteiger partial charge in [0.25, 0.3) is 0 Å². The largest absolute Gasteiger partial charge is 0.465 e. The number of hydrogen-bond acceptors (Lipinski definition) is 5. The molecule has 0 atom stereocenters. The van der Waals surface area contributed by atoms with Crippen molar-refractivity contribution in [3.8, 4) is 0 Å². The predicted octanol–water partition coefficient (Wildman–Crippen LogP) is 5.84. The number of carbonyl (C=O) groups is 2. The number of halogens is 4. The van der Waals surface area contributed by atoms with Crippen molar-refractivity contribution < 1.29 is 36.6 Å². The topological polar surface area (TPSA) is 70.4 Å². The van der Waals surface area contributed by atoms with Gasteiger partial charge in [-0.3, -0.25) is 0 Å². The molecule has 3 rings (SSSR count). The number of nitrogens with zero attached hydrogens (tertiary/aromatic N) is 2. The lowest BCUT2D eigenvalue weighted by molar-refractivity contribution is -0.139. The van der Waals surface area contributed by atoms with E-state index in [1.54, 1.807) is 52.0 Å². The van der Waals surface area contributed by atoms with E-state index in [9.17, 15) is 27.2 Å². The van der Waals surface area contributed by atoms with Gasteiger partial charge in [-0.15, -0.1) is 0 Å². The van der Waals surface area contributed by atoms with Gasteiger partial charge in [-0.2, -0.15) is 13.2 Å². The lowest BCUT2D eigenvalue weighted by Gasteiger charge is -2.23. The molecule has 1 aromatic heterocycles. The smallest absolute Gasteiger partial charge is 0.417 e. The molecule has 0 N–H and O–H groups in total. The number of imidazole rings is 1. The Balaban J connectivity index is 2.09. The Morgan fingerprint density at radius 2 is 1.64 bits per heavy atom. The van der Waals surface area contributed by atoms with Crippen LogP contribution in [0.25, 0.3) is 0 Å². The summed E-state index contributed by atoms with van der Waals surface area (Å²) in [4.78, 5) is 29.3. The molecule has 0 amide bonds. The Morgan fingerprint density at radius 3 is 2.19 bits per heavy atom. The summed E-state index contributed by atoms with van der Waals surface area (Å²) in [6.45, 7) is 6.49. The van der Waals surface area contributed by atoms with Crippen molar-refractivity contribution in [3.63, 3.8) is 0 Å². The number of alkyl halides is 3. The molecule has 1 heterocycles. The van der Waals surface area contributed by atoms with Crippen molar-refractivity contribution in [1.82, 2.24) is 9.55 Å². The summed E-state index contributed by atoms with van der Waals surface area (Å²) in [5, 5.41) is 0. The van der Waals surface area contributed by atoms with E-state index in [-0.39, 0.29) is 23.6 Å². The highest BCUT2D eigenvalue weighted by atomic mass is 19.4. The molecule has 192 valence electrons. The van der Waals surface area contributed by atoms with Gasteiger partial charge >= 0.3 is 18.1 Å². The zero-order valence-corrected chi connectivity index (χ0v) is 20.5. The van der Waals surface area contributed by atoms with E-state index >= 15 is 0 Å². The molecule has 10 heteroatoms. The van der Waals surface area contributed by atoms with Crippen molar-refractivity contribution in [3.05, 3.63) is 87.7 Å². The van der Waals surface area contributed by atoms with Crippen LogP contribution in [0.2, 0.25) is 0 Å². The number of rotatable bonds is 6. The molecule has 0 bridgehead atoms. The van der Waals surface area contributed by atoms with Crippen LogP contribution in [0.1, 0.15) is 69.8 Å². The van der Waals surface area contributed by atoms with E-state index in [0.717, 1.165) is 24.8 Å². The third kappa shape index (κ3) is 5.58. The average Bonchev–Trinajstić information content (AvgIpc) is 3.14. The van der Waals surface area contributed by atoms with Gasteiger partial charge < -0.3 is 14.0 Å². The van der Waals surface area contributed by atoms with Crippen molar-refractivity contribution in [2.75, 3.05) is 7.11 Å². The minimum Gasteiger partial charge on any atom is -0.465 e. The van der Waals surface area contributed by atoms with Gasteiger partial charge in [0.15, 0.2) is 5.69 Å². The van der Waals surface area contributed by atoms with Crippen LogP contribution in [-0.4, -0.2) is 28.6 Å². The Morgan fingerprint density at radius 1 is 1.00 bits per heavy atom. The summed E-state index contributed by atoms with van der Waals surface area (Å²) < 4.78 is 67.7. The number of ether oxygens (including phenoxy) is 2. The van der Waals surface area contributed by atoms with Gasteiger partial charge in [0, 0.05) is 17.7 Å². The Kier molecular flexibility index (Phi) is 7.56. The molecule has 0 aliphatic rings. The molecule has 36 heavy (non-hydrogen) atoms. The van der Waals surface area contributed by atoms with Crippen LogP contribution in [-0.2, 0) is 34.2 Å². The first-order valence-corrected chi connectivity index (χ1v) is 11.0. The quantitative estimate of drug-likeness (QED) is 0.310. The van der Waals surface area contributed by atoms with Gasteiger partial charge in [0.05, 0.1) is 12.7 Å². The lowest BCUT2D eigenvalue weighted by Crippen LogP contribution is -2.23. The summed E-state index contributed by atoms with van der Waals surface area (Å²) in [5.74, 6) is -3.19. The minimum atomic E-state index is -5.05. The second kappa shape index (κ2) is 10.1. The third-order valence-corrected chi connectivity index (χ3v) is 5.54. The lowest BCUT2D eigenvalue weighted by atomic mass is 9.95. The Bertz CT molecular complexity index is 1280. The number of esters is 2. The van der Waals surface area contributed by atoms with Crippen LogP contribution in [0.4, 0.5) is 17.6 Å². The van der Waals surface area contributed by atoms with Crippen LogP contribution in [0.15, 0.2) is 42.5 Å². The Labute approximate surface area is 205 Å². The van der Waals surface area contributed by atoms with E-state index in [2.05, 4.69) is 9.72 Å². The molecule has 0 unspecified atom stereocenters. The van der Waals surface area contributed by atoms with Crippen molar-refractivity contribution in [1.29, 1.82) is 0 Å². The van der Waals surface area contributed by atoms with Gasteiger partial charge in [-0.1, -0.05) is 57.2 Å². The first kappa shape index (κ1) is 26.9. The second-order valence-corrected chi connectivity index (χ2v) is 9.21. The molecular weight excluding hydrogens is 480 g/mol. The third-order valence-electron chi connectivity index (χ3n) is 5.54. The minimum absolute atomic E-state index is 0.00447. The molecule has 2 aromatic carbocycles. The van der Waals surface area contributed by atoms with Crippen LogP contribution in [0.5, 0.6) is 0 Å². The first-order chi connectivity index (χ1) is 16.8. The van der Waals surface area contributed by atoms with Crippen LogP contribution in [0, 0.1) is 12.7 Å². The van der Waals surface area contributed by atoms with Crippen LogP contribution < -0.4 is 0 Å². The molecular formula is C26H26F4N2O4. The van der Waals surface area contributed by atoms with Gasteiger partial charge in [0.1, 0.15) is 23.8 Å². The number of carbonyl (C=O) groups excluding carboxylic acids is 2. The monoisotopic (exact) mass is 506 g/mol.